The number of hydrogen-bond acceptors (Lipinski definition) is 4. The first-order valence-corrected chi connectivity index (χ1v) is 5.63. The fraction of sp³-hybridized carbons (Fsp3) is 0.462. The molecule has 1 aromatic rings. The van der Waals surface area contributed by atoms with Gasteiger partial charge in [0, 0.05) is 0 Å². The molecule has 0 amide bonds. The van der Waals surface area contributed by atoms with Crippen molar-refractivity contribution in [2.24, 2.45) is 0 Å². The summed E-state index contributed by atoms with van der Waals surface area (Å²) in [5.74, 6) is -0.814. The van der Waals surface area contributed by atoms with Gasteiger partial charge in [0.05, 0.1) is 7.11 Å². The summed E-state index contributed by atoms with van der Waals surface area (Å²) < 4.78 is 4.64. The van der Waals surface area contributed by atoms with Crippen LogP contribution in [0.25, 0.3) is 0 Å². The maximum Gasteiger partial charge on any atom is 0.345 e. The van der Waals surface area contributed by atoms with Crippen molar-refractivity contribution in [3.05, 3.63) is 35.9 Å². The summed E-state index contributed by atoms with van der Waals surface area (Å²) in [6, 6.07) is 8.45. The summed E-state index contributed by atoms with van der Waals surface area (Å²) in [5, 5.41) is 20.9. The summed E-state index contributed by atoms with van der Waals surface area (Å²) >= 11 is 0. The highest BCUT2D eigenvalue weighted by Crippen LogP contribution is 2.46. The third-order valence-corrected chi connectivity index (χ3v) is 3.53. The molecule has 0 bridgehead atoms. The van der Waals surface area contributed by atoms with Crippen molar-refractivity contribution in [3.63, 3.8) is 0 Å². The highest BCUT2D eigenvalue weighted by atomic mass is 16.5. The molecule has 0 saturated heterocycles. The monoisotopic (exact) mass is 236 g/mol. The van der Waals surface area contributed by atoms with E-state index >= 15 is 0 Å². The van der Waals surface area contributed by atoms with Crippen molar-refractivity contribution in [1.82, 2.24) is 0 Å². The van der Waals surface area contributed by atoms with Gasteiger partial charge in [0.2, 0.25) is 5.60 Å². The summed E-state index contributed by atoms with van der Waals surface area (Å²) in [6.07, 6.45) is 1.59. The smallest absolute Gasteiger partial charge is 0.345 e. The summed E-state index contributed by atoms with van der Waals surface area (Å²) in [7, 11) is 1.21. The average Bonchev–Trinajstić information content (AvgIpc) is 2.35. The molecule has 92 valence electrons. The first kappa shape index (κ1) is 12.1. The molecule has 17 heavy (non-hydrogen) atoms. The van der Waals surface area contributed by atoms with Crippen LogP contribution < -0.4 is 0 Å². The van der Waals surface area contributed by atoms with E-state index in [1.807, 2.05) is 0 Å². The molecule has 0 aromatic heterocycles. The van der Waals surface area contributed by atoms with Gasteiger partial charge in [-0.15, -0.1) is 0 Å². The molecule has 4 nitrogen and oxygen atoms in total. The van der Waals surface area contributed by atoms with E-state index in [4.69, 9.17) is 0 Å². The normalized spacial score (nSPS) is 21.1. The standard InChI is InChI=1S/C13H16O4/c1-17-11(14)13(16,12(15)8-5-9-12)10-6-3-2-4-7-10/h2-4,6-7,15-16H,5,8-9H2,1H3. The van der Waals surface area contributed by atoms with Crippen molar-refractivity contribution >= 4 is 5.97 Å². The lowest BCUT2D eigenvalue weighted by atomic mass is 9.65. The maximum absolute atomic E-state index is 11.8. The van der Waals surface area contributed by atoms with Gasteiger partial charge in [-0.1, -0.05) is 30.3 Å². The SMILES string of the molecule is COC(=O)C(O)(c1ccccc1)C1(O)CCC1. The van der Waals surface area contributed by atoms with E-state index in [9.17, 15) is 15.0 Å². The van der Waals surface area contributed by atoms with Gasteiger partial charge < -0.3 is 14.9 Å². The molecule has 1 atom stereocenters. The van der Waals surface area contributed by atoms with Crippen molar-refractivity contribution < 1.29 is 19.7 Å². The lowest BCUT2D eigenvalue weighted by Crippen LogP contribution is -2.60. The van der Waals surface area contributed by atoms with E-state index < -0.39 is 17.2 Å². The number of hydrogen-bond donors (Lipinski definition) is 2. The predicted octanol–water partition coefficient (Wildman–Crippen LogP) is 0.962. The number of methoxy groups -OCH3 is 1. The van der Waals surface area contributed by atoms with Crippen molar-refractivity contribution in [1.29, 1.82) is 0 Å². The largest absolute Gasteiger partial charge is 0.467 e. The van der Waals surface area contributed by atoms with Gasteiger partial charge in [-0.2, -0.15) is 0 Å². The molecule has 2 N–H and O–H groups in total. The lowest BCUT2D eigenvalue weighted by Gasteiger charge is -2.47. The van der Waals surface area contributed by atoms with Crippen LogP contribution in [-0.4, -0.2) is 28.9 Å². The zero-order valence-corrected chi connectivity index (χ0v) is 9.72. The van der Waals surface area contributed by atoms with E-state index in [1.54, 1.807) is 30.3 Å². The van der Waals surface area contributed by atoms with E-state index in [-0.39, 0.29) is 0 Å². The summed E-state index contributed by atoms with van der Waals surface area (Å²) in [4.78, 5) is 11.8. The number of esters is 1. The van der Waals surface area contributed by atoms with Crippen molar-refractivity contribution in [3.8, 4) is 0 Å². The number of ether oxygens (including phenoxy) is 1. The van der Waals surface area contributed by atoms with E-state index in [1.165, 1.54) is 7.11 Å². The molecular weight excluding hydrogens is 220 g/mol. The van der Waals surface area contributed by atoms with Crippen LogP contribution in [0.15, 0.2) is 30.3 Å². The first-order valence-electron chi connectivity index (χ1n) is 5.63. The Labute approximate surface area is 99.8 Å². The van der Waals surface area contributed by atoms with Crippen LogP contribution in [-0.2, 0) is 15.1 Å². The minimum Gasteiger partial charge on any atom is -0.467 e. The quantitative estimate of drug-likeness (QED) is 0.767. The van der Waals surface area contributed by atoms with Crippen LogP contribution >= 0.6 is 0 Å². The van der Waals surface area contributed by atoms with Crippen molar-refractivity contribution in [2.45, 2.75) is 30.5 Å². The molecule has 0 heterocycles. The van der Waals surface area contributed by atoms with Crippen molar-refractivity contribution in [2.75, 3.05) is 7.11 Å². The number of carbonyl (C=O) groups excluding carboxylic acids is 1. The topological polar surface area (TPSA) is 66.8 Å². The molecule has 1 aromatic carbocycles. The van der Waals surface area contributed by atoms with Crippen LogP contribution in [0.3, 0.4) is 0 Å². The van der Waals surface area contributed by atoms with Crippen LogP contribution in [0.1, 0.15) is 24.8 Å². The van der Waals surface area contributed by atoms with Crippen LogP contribution in [0, 0.1) is 0 Å². The molecule has 1 unspecified atom stereocenters. The third-order valence-electron chi connectivity index (χ3n) is 3.53. The number of aliphatic hydroxyl groups is 2. The molecule has 0 radical (unpaired) electrons. The second kappa shape index (κ2) is 4.13. The molecule has 4 heteroatoms. The molecular formula is C13H16O4. The van der Waals surface area contributed by atoms with E-state index in [0.29, 0.717) is 18.4 Å². The highest BCUT2D eigenvalue weighted by Gasteiger charge is 2.59. The first-order chi connectivity index (χ1) is 8.04. The Hall–Kier alpha value is -1.39. The predicted molar refractivity (Wildman–Crippen MR) is 61.2 cm³/mol. The van der Waals surface area contributed by atoms with Crippen LogP contribution in [0.5, 0.6) is 0 Å². The van der Waals surface area contributed by atoms with Gasteiger partial charge >= 0.3 is 5.97 Å². The van der Waals surface area contributed by atoms with Gasteiger partial charge in [-0.25, -0.2) is 4.79 Å². The highest BCUT2D eigenvalue weighted by molar-refractivity contribution is 5.83. The summed E-state index contributed by atoms with van der Waals surface area (Å²) in [6.45, 7) is 0. The van der Waals surface area contributed by atoms with Gasteiger partial charge in [-0.05, 0) is 24.8 Å². The molecule has 1 saturated carbocycles. The van der Waals surface area contributed by atoms with Crippen LogP contribution in [0.2, 0.25) is 0 Å². The average molecular weight is 236 g/mol. The van der Waals surface area contributed by atoms with Gasteiger partial charge in [0.1, 0.15) is 5.60 Å². The fourth-order valence-electron chi connectivity index (χ4n) is 2.28. The second-order valence-corrected chi connectivity index (χ2v) is 4.45. The van der Waals surface area contributed by atoms with Gasteiger partial charge in [-0.3, -0.25) is 0 Å². The van der Waals surface area contributed by atoms with Gasteiger partial charge in [0.15, 0.2) is 0 Å². The Kier molecular flexibility index (Phi) is 2.93. The number of rotatable bonds is 3. The Balaban J connectivity index is 2.48. The van der Waals surface area contributed by atoms with E-state index in [2.05, 4.69) is 4.74 Å². The zero-order valence-electron chi connectivity index (χ0n) is 9.72. The zero-order chi connectivity index (χ0) is 12.5. The Morgan fingerprint density at radius 1 is 1.35 bits per heavy atom. The van der Waals surface area contributed by atoms with Crippen LogP contribution in [0.4, 0.5) is 0 Å². The molecule has 1 aliphatic rings. The Morgan fingerprint density at radius 3 is 2.35 bits per heavy atom. The molecule has 1 fully saturated rings. The number of benzene rings is 1. The fourth-order valence-corrected chi connectivity index (χ4v) is 2.28. The molecule has 0 aliphatic heterocycles. The lowest BCUT2D eigenvalue weighted by molar-refractivity contribution is -0.218. The Morgan fingerprint density at radius 2 is 1.94 bits per heavy atom. The summed E-state index contributed by atoms with van der Waals surface area (Å²) in [5.41, 5.74) is -3.02. The maximum atomic E-state index is 11.8. The number of carbonyl (C=O) groups is 1. The molecule has 0 spiro atoms. The Bertz CT molecular complexity index is 411. The molecule has 2 rings (SSSR count). The van der Waals surface area contributed by atoms with Gasteiger partial charge in [0.25, 0.3) is 0 Å². The minimum absolute atomic E-state index is 0.369. The third kappa shape index (κ3) is 1.64. The minimum atomic E-state index is -1.97. The van der Waals surface area contributed by atoms with E-state index in [0.717, 1.165) is 6.42 Å². The second-order valence-electron chi connectivity index (χ2n) is 4.45. The molecule has 1 aliphatic carbocycles.